The van der Waals surface area contributed by atoms with Gasteiger partial charge in [-0.2, -0.15) is 0 Å². The zero-order valence-electron chi connectivity index (χ0n) is 9.87. The molecule has 1 aromatic carbocycles. The third-order valence-corrected chi connectivity index (χ3v) is 4.45. The Morgan fingerprint density at radius 2 is 2.06 bits per heavy atom. The second-order valence-electron chi connectivity index (χ2n) is 4.68. The van der Waals surface area contributed by atoms with Crippen molar-refractivity contribution < 1.29 is 4.74 Å². The van der Waals surface area contributed by atoms with E-state index in [1.165, 1.54) is 31.2 Å². The maximum atomic E-state index is 6.05. The summed E-state index contributed by atoms with van der Waals surface area (Å²) >= 11 is 7.05. The molecule has 1 fully saturated rings. The lowest BCUT2D eigenvalue weighted by molar-refractivity contribution is 0.0444. The molecule has 3 heteroatoms. The number of ether oxygens (including phenoxy) is 1. The van der Waals surface area contributed by atoms with Gasteiger partial charge < -0.3 is 4.74 Å². The summed E-state index contributed by atoms with van der Waals surface area (Å²) in [7, 11) is 0. The minimum Gasteiger partial charge on any atom is -0.372 e. The molecule has 2 rings (SSSR count). The van der Waals surface area contributed by atoms with Crippen LogP contribution in [0.15, 0.2) is 28.7 Å². The van der Waals surface area contributed by atoms with Gasteiger partial charge in [0, 0.05) is 9.80 Å². The minimum absolute atomic E-state index is 0.174. The minimum atomic E-state index is 0.174. The molecule has 0 aliphatic heterocycles. The lowest BCUT2D eigenvalue weighted by Crippen LogP contribution is -2.12. The van der Waals surface area contributed by atoms with Gasteiger partial charge in [-0.15, -0.1) is 0 Å². The Hall–Kier alpha value is 0.140. The van der Waals surface area contributed by atoms with Crippen molar-refractivity contribution in [1.29, 1.82) is 0 Å². The van der Waals surface area contributed by atoms with Crippen molar-refractivity contribution in [3.05, 3.63) is 34.3 Å². The highest BCUT2D eigenvalue weighted by molar-refractivity contribution is 9.10. The highest BCUT2D eigenvalue weighted by atomic mass is 79.9. The van der Waals surface area contributed by atoms with E-state index in [4.69, 9.17) is 4.74 Å². The second kappa shape index (κ2) is 6.91. The van der Waals surface area contributed by atoms with Gasteiger partial charge in [0.1, 0.15) is 0 Å². The molecule has 0 aromatic heterocycles. The van der Waals surface area contributed by atoms with Crippen molar-refractivity contribution in [3.8, 4) is 0 Å². The molecule has 1 atom stereocenters. The summed E-state index contributed by atoms with van der Waals surface area (Å²) in [6.45, 7) is 0.906. The van der Waals surface area contributed by atoms with Crippen molar-refractivity contribution >= 4 is 31.9 Å². The fraction of sp³-hybridized carbons (Fsp3) is 0.571. The molecule has 1 saturated carbocycles. The Balaban J connectivity index is 1.91. The Bertz CT molecular complexity index is 348. The van der Waals surface area contributed by atoms with Gasteiger partial charge in [-0.1, -0.05) is 56.8 Å². The number of hydrogen-bond acceptors (Lipinski definition) is 1. The predicted octanol–water partition coefficient (Wildman–Crippen LogP) is 5.09. The highest BCUT2D eigenvalue weighted by Gasteiger charge is 2.18. The number of halogens is 2. The van der Waals surface area contributed by atoms with Gasteiger partial charge in [-0.3, -0.25) is 0 Å². The molecular weight excluding hydrogens is 344 g/mol. The smallest absolute Gasteiger partial charge is 0.0922 e. The molecule has 0 N–H and O–H groups in total. The van der Waals surface area contributed by atoms with E-state index in [-0.39, 0.29) is 6.10 Å². The van der Waals surface area contributed by atoms with Crippen LogP contribution in [-0.4, -0.2) is 11.9 Å². The van der Waals surface area contributed by atoms with Gasteiger partial charge in [-0.25, -0.2) is 0 Å². The molecule has 1 unspecified atom stereocenters. The third kappa shape index (κ3) is 4.08. The lowest BCUT2D eigenvalue weighted by Gasteiger charge is -2.18. The molecule has 1 nitrogen and oxygen atoms in total. The van der Waals surface area contributed by atoms with Gasteiger partial charge in [0.05, 0.1) is 12.7 Å². The predicted molar refractivity (Wildman–Crippen MR) is 78.6 cm³/mol. The fourth-order valence-electron chi connectivity index (χ4n) is 2.37. The van der Waals surface area contributed by atoms with Crippen LogP contribution in [0.1, 0.15) is 37.4 Å². The van der Waals surface area contributed by atoms with Crippen LogP contribution in [0.5, 0.6) is 0 Å². The second-order valence-corrected chi connectivity index (χ2v) is 6.24. The summed E-state index contributed by atoms with van der Waals surface area (Å²) in [5, 5.41) is 0.857. The first-order valence-corrected chi connectivity index (χ1v) is 8.14. The van der Waals surface area contributed by atoms with Gasteiger partial charge in [0.2, 0.25) is 0 Å². The maximum Gasteiger partial charge on any atom is 0.0922 e. The molecule has 0 bridgehead atoms. The van der Waals surface area contributed by atoms with Gasteiger partial charge in [-0.05, 0) is 36.5 Å². The molecule has 17 heavy (non-hydrogen) atoms. The largest absolute Gasteiger partial charge is 0.372 e. The Kier molecular flexibility index (Phi) is 5.51. The van der Waals surface area contributed by atoms with Crippen molar-refractivity contribution in [2.45, 2.75) is 31.8 Å². The SMILES string of the molecule is BrCC(OCC1CCCC1)c1cccc(Br)c1. The number of rotatable bonds is 5. The molecule has 0 amide bonds. The molecule has 0 heterocycles. The Morgan fingerprint density at radius 1 is 1.29 bits per heavy atom. The third-order valence-electron chi connectivity index (χ3n) is 3.37. The molecule has 1 aromatic rings. The summed E-state index contributed by atoms with van der Waals surface area (Å²) < 4.78 is 7.16. The number of alkyl halides is 1. The zero-order valence-corrected chi connectivity index (χ0v) is 13.0. The molecule has 1 aliphatic carbocycles. The number of benzene rings is 1. The first kappa shape index (κ1) is 13.6. The fourth-order valence-corrected chi connectivity index (χ4v) is 3.34. The van der Waals surface area contributed by atoms with Crippen LogP contribution in [0.25, 0.3) is 0 Å². The zero-order chi connectivity index (χ0) is 12.1. The summed E-state index contributed by atoms with van der Waals surface area (Å²) in [6, 6.07) is 8.38. The van der Waals surface area contributed by atoms with Crippen LogP contribution >= 0.6 is 31.9 Å². The van der Waals surface area contributed by atoms with Crippen LogP contribution in [0.3, 0.4) is 0 Å². The van der Waals surface area contributed by atoms with Crippen molar-refractivity contribution in [2.24, 2.45) is 5.92 Å². The molecule has 1 aliphatic rings. The van der Waals surface area contributed by atoms with E-state index in [0.29, 0.717) is 0 Å². The first-order chi connectivity index (χ1) is 8.29. The van der Waals surface area contributed by atoms with Crippen LogP contribution in [0.4, 0.5) is 0 Å². The van der Waals surface area contributed by atoms with E-state index in [0.717, 1.165) is 22.3 Å². The van der Waals surface area contributed by atoms with E-state index in [1.807, 2.05) is 6.07 Å². The van der Waals surface area contributed by atoms with Gasteiger partial charge >= 0.3 is 0 Å². The topological polar surface area (TPSA) is 9.23 Å². The van der Waals surface area contributed by atoms with Crippen molar-refractivity contribution in [3.63, 3.8) is 0 Å². The Labute approximate surface area is 120 Å². The average molecular weight is 362 g/mol. The quantitative estimate of drug-likeness (QED) is 0.663. The molecule has 0 saturated heterocycles. The van der Waals surface area contributed by atoms with Gasteiger partial charge in [0.15, 0.2) is 0 Å². The maximum absolute atomic E-state index is 6.05. The first-order valence-electron chi connectivity index (χ1n) is 6.22. The van der Waals surface area contributed by atoms with E-state index in [1.54, 1.807) is 0 Å². The summed E-state index contributed by atoms with van der Waals surface area (Å²) in [5.41, 5.74) is 1.24. The average Bonchev–Trinajstić information content (AvgIpc) is 2.83. The summed E-state index contributed by atoms with van der Waals surface area (Å²) in [6.07, 6.45) is 5.61. The van der Waals surface area contributed by atoms with Gasteiger partial charge in [0.25, 0.3) is 0 Å². The van der Waals surface area contributed by atoms with E-state index in [9.17, 15) is 0 Å². The normalized spacial score (nSPS) is 18.5. The van der Waals surface area contributed by atoms with E-state index in [2.05, 4.69) is 50.1 Å². The molecule has 94 valence electrons. The van der Waals surface area contributed by atoms with Crippen molar-refractivity contribution in [2.75, 3.05) is 11.9 Å². The van der Waals surface area contributed by atoms with Crippen LogP contribution in [0.2, 0.25) is 0 Å². The monoisotopic (exact) mass is 360 g/mol. The Morgan fingerprint density at radius 3 is 2.71 bits per heavy atom. The lowest BCUT2D eigenvalue weighted by atomic mass is 10.1. The number of hydrogen-bond donors (Lipinski definition) is 0. The van der Waals surface area contributed by atoms with Crippen molar-refractivity contribution in [1.82, 2.24) is 0 Å². The van der Waals surface area contributed by atoms with Crippen LogP contribution in [0, 0.1) is 5.92 Å². The van der Waals surface area contributed by atoms with Crippen LogP contribution < -0.4 is 0 Å². The van der Waals surface area contributed by atoms with E-state index >= 15 is 0 Å². The molecule has 0 spiro atoms. The molecule has 0 radical (unpaired) electrons. The molecular formula is C14H18Br2O. The summed E-state index contributed by atoms with van der Waals surface area (Å²) in [4.78, 5) is 0. The van der Waals surface area contributed by atoms with E-state index < -0.39 is 0 Å². The van der Waals surface area contributed by atoms with Crippen LogP contribution in [-0.2, 0) is 4.74 Å². The summed E-state index contributed by atoms with van der Waals surface area (Å²) in [5.74, 6) is 0.781. The standard InChI is InChI=1S/C14H18Br2O/c15-9-14(12-6-3-7-13(16)8-12)17-10-11-4-1-2-5-11/h3,6-8,11,14H,1-2,4-5,9-10H2. The highest BCUT2D eigenvalue weighted by Crippen LogP contribution is 2.28.